The Morgan fingerprint density at radius 1 is 1.00 bits per heavy atom. The van der Waals surface area contributed by atoms with Gasteiger partial charge in [0, 0.05) is 16.6 Å². The van der Waals surface area contributed by atoms with Crippen LogP contribution in [0.4, 0.5) is 5.95 Å². The van der Waals surface area contributed by atoms with Crippen LogP contribution in [-0.2, 0) is 9.16 Å². The number of fused-ring (bicyclic) bond motifs is 1. The summed E-state index contributed by atoms with van der Waals surface area (Å²) in [5.41, 5.74) is 7.63. The van der Waals surface area contributed by atoms with Crippen molar-refractivity contribution in [1.82, 2.24) is 14.9 Å². The minimum Gasteiger partial charge on any atom is -0.400 e. The van der Waals surface area contributed by atoms with Gasteiger partial charge in [-0.25, -0.2) is 9.97 Å². The fourth-order valence-corrected chi connectivity index (χ4v) is 12.2. The first kappa shape index (κ1) is 29.3. The van der Waals surface area contributed by atoms with E-state index in [1.807, 2.05) is 6.07 Å². The number of nitrogens with zero attached hydrogens (tertiary/aromatic N) is 3. The second-order valence-corrected chi connectivity index (χ2v) is 17.7. The molecule has 0 aliphatic carbocycles. The first-order valence-corrected chi connectivity index (χ1v) is 17.2. The number of rotatable bonds is 6. The summed E-state index contributed by atoms with van der Waals surface area (Å²) in [7, 11) is -2.72. The Morgan fingerprint density at radius 3 is 2.21 bits per heavy atom. The fourth-order valence-electron chi connectivity index (χ4n) is 7.10. The van der Waals surface area contributed by atoms with Gasteiger partial charge >= 0.3 is 0 Å². The van der Waals surface area contributed by atoms with Crippen molar-refractivity contribution in [3.05, 3.63) is 89.6 Å². The largest absolute Gasteiger partial charge is 0.400 e. The first-order chi connectivity index (χ1) is 20.1. The number of nitrogen functional groups attached to an aromatic ring is 1. The number of piperidine rings is 1. The molecule has 0 bridgehead atoms. The van der Waals surface area contributed by atoms with Gasteiger partial charge in [-0.3, -0.25) is 4.90 Å². The molecule has 0 amide bonds. The van der Waals surface area contributed by atoms with E-state index in [4.69, 9.17) is 26.5 Å². The summed E-state index contributed by atoms with van der Waals surface area (Å²) in [5, 5.41) is 4.19. The van der Waals surface area contributed by atoms with E-state index in [1.165, 1.54) is 10.4 Å². The molecule has 1 aromatic heterocycles. The van der Waals surface area contributed by atoms with Crippen molar-refractivity contribution in [2.24, 2.45) is 0 Å². The Balaban J connectivity index is 1.28. The summed E-state index contributed by atoms with van der Waals surface area (Å²) in [6.45, 7) is 12.5. The molecule has 0 radical (unpaired) electrons. The average Bonchev–Trinajstić information content (AvgIpc) is 3.36. The molecule has 2 N–H and O–H groups in total. The normalized spacial score (nSPS) is 22.5. The summed E-state index contributed by atoms with van der Waals surface area (Å²) in [6, 6.07) is 25.9. The lowest BCUT2D eigenvalue weighted by Crippen LogP contribution is -2.70. The third kappa shape index (κ3) is 5.16. The van der Waals surface area contributed by atoms with Crippen molar-refractivity contribution >= 4 is 47.1 Å². The van der Waals surface area contributed by atoms with Gasteiger partial charge in [-0.05, 0) is 71.9 Å². The second kappa shape index (κ2) is 11.4. The molecule has 3 heterocycles. The van der Waals surface area contributed by atoms with E-state index in [2.05, 4.69) is 109 Å². The lowest BCUT2D eigenvalue weighted by Gasteiger charge is -2.50. The monoisotopic (exact) mass is 600 g/mol. The molecule has 3 aromatic carbocycles. The van der Waals surface area contributed by atoms with Crippen LogP contribution in [-0.4, -0.2) is 61.1 Å². The molecule has 0 spiro atoms. The van der Waals surface area contributed by atoms with Crippen molar-refractivity contribution in [2.45, 2.75) is 63.1 Å². The number of ether oxygens (including phenoxy) is 1. The number of likely N-dealkylation sites (tertiary alicyclic amines) is 1. The van der Waals surface area contributed by atoms with Gasteiger partial charge in [0.05, 0.1) is 30.4 Å². The predicted molar refractivity (Wildman–Crippen MR) is 174 cm³/mol. The van der Waals surface area contributed by atoms with Gasteiger partial charge in [0.15, 0.2) is 0 Å². The van der Waals surface area contributed by atoms with Gasteiger partial charge in [0.1, 0.15) is 0 Å². The third-order valence-electron chi connectivity index (χ3n) is 9.47. The molecular weight excluding hydrogens is 560 g/mol. The van der Waals surface area contributed by atoms with Gasteiger partial charge in [-0.15, -0.1) is 0 Å². The maximum Gasteiger partial charge on any atom is 0.261 e. The van der Waals surface area contributed by atoms with Gasteiger partial charge in [-0.2, -0.15) is 0 Å². The van der Waals surface area contributed by atoms with Crippen LogP contribution in [0.3, 0.4) is 0 Å². The molecule has 4 aromatic rings. The number of halogens is 1. The number of hydrogen-bond acceptors (Lipinski definition) is 6. The van der Waals surface area contributed by atoms with Crippen LogP contribution in [0.5, 0.6) is 0 Å². The summed E-state index contributed by atoms with van der Waals surface area (Å²) in [6.07, 6.45) is 3.70. The summed E-state index contributed by atoms with van der Waals surface area (Å²) >= 11 is 6.79. The molecule has 2 saturated heterocycles. The first-order valence-electron chi connectivity index (χ1n) is 15.0. The Labute approximate surface area is 255 Å². The minimum absolute atomic E-state index is 0.0516. The molecule has 0 saturated carbocycles. The van der Waals surface area contributed by atoms with Crippen LogP contribution in [0.2, 0.25) is 10.1 Å². The number of benzene rings is 3. The van der Waals surface area contributed by atoms with E-state index >= 15 is 0 Å². The highest BCUT2D eigenvalue weighted by Gasteiger charge is 2.56. The van der Waals surface area contributed by atoms with Crippen LogP contribution in [0.25, 0.3) is 10.9 Å². The van der Waals surface area contributed by atoms with Crippen LogP contribution in [0, 0.1) is 0 Å². The van der Waals surface area contributed by atoms with Crippen LogP contribution in [0.1, 0.15) is 52.0 Å². The molecular formula is C34H41ClN4O2Si. The Hall–Kier alpha value is -2.81. The molecule has 0 unspecified atom stereocenters. The van der Waals surface area contributed by atoms with Gasteiger partial charge in [-0.1, -0.05) is 93.0 Å². The van der Waals surface area contributed by atoms with Crippen molar-refractivity contribution in [3.8, 4) is 0 Å². The number of anilines is 1. The number of aromatic nitrogens is 2. The van der Waals surface area contributed by atoms with Gasteiger partial charge in [0.25, 0.3) is 8.32 Å². The summed E-state index contributed by atoms with van der Waals surface area (Å²) in [5.74, 6) is 0.642. The summed E-state index contributed by atoms with van der Waals surface area (Å²) in [4.78, 5) is 11.2. The van der Waals surface area contributed by atoms with Crippen LogP contribution < -0.4 is 16.1 Å². The third-order valence-corrected chi connectivity index (χ3v) is 14.8. The van der Waals surface area contributed by atoms with Gasteiger partial charge in [0.2, 0.25) is 5.95 Å². The van der Waals surface area contributed by atoms with E-state index in [-0.39, 0.29) is 22.6 Å². The van der Waals surface area contributed by atoms with E-state index in [0.29, 0.717) is 19.1 Å². The van der Waals surface area contributed by atoms with Gasteiger partial charge < -0.3 is 14.9 Å². The highest BCUT2D eigenvalue weighted by Crippen LogP contribution is 2.43. The standard InChI is InChI=1S/C34H41ClN4O2Si/c1-33(2,3)42(26-11-7-5-8-12-26,27-13-9-6-10-14-27)41-31-22-40-23-34(31,4)39-17-15-24(16-18-39)28-20-30-25(19-29(28)35)21-37-32(36)38-30/h5-14,19-21,24,31H,15-18,22-23H2,1-4H3,(H2,36,37,38)/t31-,34+/m0/s1. The van der Waals surface area contributed by atoms with E-state index in [0.717, 1.165) is 47.4 Å². The molecule has 2 aliphatic heterocycles. The highest BCUT2D eigenvalue weighted by atomic mass is 35.5. The predicted octanol–water partition coefficient (Wildman–Crippen LogP) is 5.78. The zero-order valence-corrected chi connectivity index (χ0v) is 26.8. The Morgan fingerprint density at radius 2 is 1.62 bits per heavy atom. The molecule has 6 rings (SSSR count). The zero-order valence-electron chi connectivity index (χ0n) is 25.0. The number of nitrogens with two attached hydrogens (primary N) is 1. The van der Waals surface area contributed by atoms with Crippen molar-refractivity contribution in [3.63, 3.8) is 0 Å². The summed E-state index contributed by atoms with van der Waals surface area (Å²) < 4.78 is 13.9. The Bertz CT molecular complexity index is 1500. The topological polar surface area (TPSA) is 73.5 Å². The number of hydrogen-bond donors (Lipinski definition) is 1. The van der Waals surface area contributed by atoms with Crippen molar-refractivity contribution < 1.29 is 9.16 Å². The maximum absolute atomic E-state index is 7.62. The molecule has 2 aliphatic rings. The molecule has 220 valence electrons. The smallest absolute Gasteiger partial charge is 0.261 e. The quantitative estimate of drug-likeness (QED) is 0.283. The molecule has 2 atom stereocenters. The SMILES string of the molecule is CC(C)(C)[Si](O[C@H]1COC[C@@]1(C)N1CCC(c2cc3nc(N)ncc3cc2Cl)CC1)(c1ccccc1)c1ccccc1. The lowest BCUT2D eigenvalue weighted by molar-refractivity contribution is 0.00483. The molecule has 2 fully saturated rings. The van der Waals surface area contributed by atoms with Crippen LogP contribution in [0.15, 0.2) is 79.0 Å². The maximum atomic E-state index is 7.62. The molecule has 8 heteroatoms. The van der Waals surface area contributed by atoms with E-state index in [9.17, 15) is 0 Å². The minimum atomic E-state index is -2.72. The molecule has 42 heavy (non-hydrogen) atoms. The zero-order chi connectivity index (χ0) is 29.5. The fraction of sp³-hybridized carbons (Fsp3) is 0.412. The van der Waals surface area contributed by atoms with Crippen molar-refractivity contribution in [2.75, 3.05) is 32.0 Å². The Kier molecular flexibility index (Phi) is 7.91. The van der Waals surface area contributed by atoms with E-state index in [1.54, 1.807) is 6.20 Å². The van der Waals surface area contributed by atoms with E-state index < -0.39 is 8.32 Å². The average molecular weight is 601 g/mol. The lowest BCUT2D eigenvalue weighted by atomic mass is 9.85. The molecule has 6 nitrogen and oxygen atoms in total. The highest BCUT2D eigenvalue weighted by molar-refractivity contribution is 6.99. The van der Waals surface area contributed by atoms with Crippen LogP contribution >= 0.6 is 11.6 Å². The second-order valence-electron chi connectivity index (χ2n) is 13.1. The van der Waals surface area contributed by atoms with Crippen molar-refractivity contribution in [1.29, 1.82) is 0 Å².